The van der Waals surface area contributed by atoms with E-state index in [-0.39, 0.29) is 12.1 Å². The number of nitrogens with zero attached hydrogens (tertiary/aromatic N) is 1. The predicted octanol–water partition coefficient (Wildman–Crippen LogP) is 4.69. The minimum atomic E-state index is 0.112. The molecular formula is C15H27ClN2S. The monoisotopic (exact) mass is 302 g/mol. The molecule has 19 heavy (non-hydrogen) atoms. The van der Waals surface area contributed by atoms with E-state index in [2.05, 4.69) is 38.7 Å². The van der Waals surface area contributed by atoms with Crippen LogP contribution in [0.2, 0.25) is 4.34 Å². The third kappa shape index (κ3) is 4.75. The molecule has 0 radical (unpaired) electrons. The van der Waals surface area contributed by atoms with Crippen LogP contribution in [0.5, 0.6) is 0 Å². The Balaban J connectivity index is 2.97. The minimum absolute atomic E-state index is 0.112. The Morgan fingerprint density at radius 3 is 2.42 bits per heavy atom. The van der Waals surface area contributed by atoms with E-state index in [1.165, 1.54) is 17.7 Å². The van der Waals surface area contributed by atoms with Gasteiger partial charge in [-0.2, -0.15) is 0 Å². The topological polar surface area (TPSA) is 29.3 Å². The van der Waals surface area contributed by atoms with Gasteiger partial charge in [-0.15, -0.1) is 11.3 Å². The van der Waals surface area contributed by atoms with Crippen LogP contribution in [0, 0.1) is 0 Å². The summed E-state index contributed by atoms with van der Waals surface area (Å²) < 4.78 is 0.847. The van der Waals surface area contributed by atoms with Gasteiger partial charge >= 0.3 is 0 Å². The Kier molecular flexibility index (Phi) is 7.37. The average Bonchev–Trinajstić information content (AvgIpc) is 2.79. The second-order valence-corrected chi connectivity index (χ2v) is 7.04. The summed E-state index contributed by atoms with van der Waals surface area (Å²) in [6.07, 6.45) is 3.57. The normalized spacial score (nSPS) is 16.6. The lowest BCUT2D eigenvalue weighted by atomic mass is 10.0. The molecule has 3 unspecified atom stereocenters. The molecule has 1 aromatic rings. The molecule has 0 fully saturated rings. The largest absolute Gasteiger partial charge is 0.326 e. The lowest BCUT2D eigenvalue weighted by Gasteiger charge is -2.38. The van der Waals surface area contributed by atoms with Gasteiger partial charge in [0.15, 0.2) is 0 Å². The second-order valence-electron chi connectivity index (χ2n) is 5.29. The van der Waals surface area contributed by atoms with Gasteiger partial charge in [0.2, 0.25) is 0 Å². The van der Waals surface area contributed by atoms with E-state index in [4.69, 9.17) is 17.3 Å². The molecule has 3 atom stereocenters. The fourth-order valence-corrected chi connectivity index (χ4v) is 3.72. The van der Waals surface area contributed by atoms with Crippen molar-refractivity contribution in [3.05, 3.63) is 21.3 Å². The summed E-state index contributed by atoms with van der Waals surface area (Å²) in [4.78, 5) is 3.84. The smallest absolute Gasteiger partial charge is 0.0931 e. The summed E-state index contributed by atoms with van der Waals surface area (Å²) in [7, 11) is 0. The first-order chi connectivity index (χ1) is 9.01. The van der Waals surface area contributed by atoms with Crippen molar-refractivity contribution in [1.82, 2.24) is 4.90 Å². The standard InChI is InChI=1S/C15H27ClN2S/c1-5-7-10-18(11(3)6-2)15(12(4)17)13-8-9-14(16)19-13/h8-9,11-12,15H,5-7,10,17H2,1-4H3. The van der Waals surface area contributed by atoms with Crippen LogP contribution in [0.4, 0.5) is 0 Å². The highest BCUT2D eigenvalue weighted by molar-refractivity contribution is 7.16. The van der Waals surface area contributed by atoms with Gasteiger partial charge in [-0.1, -0.05) is 31.9 Å². The molecule has 1 aromatic heterocycles. The lowest BCUT2D eigenvalue weighted by molar-refractivity contribution is 0.123. The number of nitrogens with two attached hydrogens (primary N) is 1. The summed E-state index contributed by atoms with van der Waals surface area (Å²) in [6, 6.07) is 5.04. The molecule has 2 nitrogen and oxygen atoms in total. The molecular weight excluding hydrogens is 276 g/mol. The first-order valence-corrected chi connectivity index (χ1v) is 8.47. The van der Waals surface area contributed by atoms with Crippen molar-refractivity contribution in [3.63, 3.8) is 0 Å². The van der Waals surface area contributed by atoms with E-state index in [0.717, 1.165) is 17.3 Å². The zero-order chi connectivity index (χ0) is 14.4. The Labute approximate surface area is 126 Å². The summed E-state index contributed by atoms with van der Waals surface area (Å²) in [5.41, 5.74) is 6.26. The zero-order valence-corrected chi connectivity index (χ0v) is 14.1. The second kappa shape index (κ2) is 8.25. The molecule has 0 aliphatic heterocycles. The third-order valence-corrected chi connectivity index (χ3v) is 4.97. The van der Waals surface area contributed by atoms with Crippen molar-refractivity contribution in [2.75, 3.05) is 6.54 Å². The summed E-state index contributed by atoms with van der Waals surface area (Å²) in [5.74, 6) is 0. The predicted molar refractivity (Wildman–Crippen MR) is 87.1 cm³/mol. The van der Waals surface area contributed by atoms with Gasteiger partial charge in [-0.25, -0.2) is 0 Å². The zero-order valence-electron chi connectivity index (χ0n) is 12.5. The van der Waals surface area contributed by atoms with Crippen molar-refractivity contribution in [2.45, 2.75) is 65.1 Å². The highest BCUT2D eigenvalue weighted by Gasteiger charge is 2.28. The Hall–Kier alpha value is -0.0900. The fraction of sp³-hybridized carbons (Fsp3) is 0.733. The molecule has 0 aromatic carbocycles. The molecule has 0 saturated heterocycles. The van der Waals surface area contributed by atoms with Gasteiger partial charge in [0.25, 0.3) is 0 Å². The number of halogens is 1. The summed E-state index contributed by atoms with van der Waals surface area (Å²) in [5, 5.41) is 0. The number of unbranched alkanes of at least 4 members (excludes halogenated alkanes) is 1. The first-order valence-electron chi connectivity index (χ1n) is 7.27. The SMILES string of the molecule is CCCCN(C(C)CC)C(c1ccc(Cl)s1)C(C)N. The highest BCUT2D eigenvalue weighted by Crippen LogP contribution is 2.34. The first kappa shape index (κ1) is 17.0. The van der Waals surface area contributed by atoms with E-state index in [1.54, 1.807) is 11.3 Å². The van der Waals surface area contributed by atoms with E-state index in [0.29, 0.717) is 6.04 Å². The van der Waals surface area contributed by atoms with Gasteiger partial charge in [0.05, 0.1) is 10.4 Å². The Morgan fingerprint density at radius 2 is 2.00 bits per heavy atom. The van der Waals surface area contributed by atoms with E-state index < -0.39 is 0 Å². The highest BCUT2D eigenvalue weighted by atomic mass is 35.5. The van der Waals surface area contributed by atoms with Crippen molar-refractivity contribution in [2.24, 2.45) is 5.73 Å². The lowest BCUT2D eigenvalue weighted by Crippen LogP contribution is -2.44. The molecule has 0 bridgehead atoms. The fourth-order valence-electron chi connectivity index (χ4n) is 2.42. The summed E-state index contributed by atoms with van der Waals surface area (Å²) in [6.45, 7) is 9.97. The molecule has 0 amide bonds. The van der Waals surface area contributed by atoms with Gasteiger partial charge in [-0.3, -0.25) is 4.90 Å². The minimum Gasteiger partial charge on any atom is -0.326 e. The van der Waals surface area contributed by atoms with E-state index >= 15 is 0 Å². The maximum absolute atomic E-state index is 6.26. The molecule has 1 rings (SSSR count). The van der Waals surface area contributed by atoms with Crippen molar-refractivity contribution < 1.29 is 0 Å². The van der Waals surface area contributed by atoms with Gasteiger partial charge in [0, 0.05) is 17.0 Å². The van der Waals surface area contributed by atoms with Crippen LogP contribution in [0.1, 0.15) is 57.9 Å². The number of thiophene rings is 1. The molecule has 0 spiro atoms. The van der Waals surface area contributed by atoms with Gasteiger partial charge in [0.1, 0.15) is 0 Å². The van der Waals surface area contributed by atoms with Crippen molar-refractivity contribution >= 4 is 22.9 Å². The molecule has 0 aliphatic carbocycles. The van der Waals surface area contributed by atoms with Crippen LogP contribution in [0.3, 0.4) is 0 Å². The van der Waals surface area contributed by atoms with Crippen LogP contribution in [-0.2, 0) is 0 Å². The van der Waals surface area contributed by atoms with Crippen LogP contribution in [-0.4, -0.2) is 23.5 Å². The number of hydrogen-bond acceptors (Lipinski definition) is 3. The van der Waals surface area contributed by atoms with E-state index in [9.17, 15) is 0 Å². The van der Waals surface area contributed by atoms with Crippen LogP contribution in [0.25, 0.3) is 0 Å². The number of hydrogen-bond donors (Lipinski definition) is 1. The molecule has 1 heterocycles. The van der Waals surface area contributed by atoms with Crippen LogP contribution >= 0.6 is 22.9 Å². The molecule has 0 saturated carbocycles. The molecule has 110 valence electrons. The molecule has 4 heteroatoms. The molecule has 0 aliphatic rings. The molecule has 2 N–H and O–H groups in total. The van der Waals surface area contributed by atoms with Gasteiger partial charge < -0.3 is 5.73 Å². The maximum atomic E-state index is 6.26. The van der Waals surface area contributed by atoms with Crippen molar-refractivity contribution in [1.29, 1.82) is 0 Å². The van der Waals surface area contributed by atoms with Crippen LogP contribution in [0.15, 0.2) is 12.1 Å². The van der Waals surface area contributed by atoms with E-state index in [1.807, 2.05) is 6.07 Å². The van der Waals surface area contributed by atoms with Crippen LogP contribution < -0.4 is 5.73 Å². The Morgan fingerprint density at radius 1 is 1.32 bits per heavy atom. The number of rotatable bonds is 8. The third-order valence-electron chi connectivity index (χ3n) is 3.67. The van der Waals surface area contributed by atoms with Gasteiger partial charge in [-0.05, 0) is 45.4 Å². The average molecular weight is 303 g/mol. The Bertz CT molecular complexity index is 365. The summed E-state index contributed by atoms with van der Waals surface area (Å²) >= 11 is 7.75. The maximum Gasteiger partial charge on any atom is 0.0931 e. The van der Waals surface area contributed by atoms with Crippen molar-refractivity contribution in [3.8, 4) is 0 Å². The quantitative estimate of drug-likeness (QED) is 0.755.